The standard InChI is InChI=1S/C29H32FN5O2/c1-21-19-22(30)9-11-26(21)31-29-32-27-12-10-24(37-16-6-13-35-14-17-36-18-15-35)20-25(27)28(33-29)34(2)23-7-4-3-5-8-23/h3-5,7-12,19-20H,6,13-18H2,1-2H3,(H,31,32,33). The van der Waals surface area contributed by atoms with E-state index in [2.05, 4.69) is 10.2 Å². The minimum atomic E-state index is -0.274. The lowest BCUT2D eigenvalue weighted by molar-refractivity contribution is 0.0358. The molecule has 1 fully saturated rings. The van der Waals surface area contributed by atoms with E-state index in [1.54, 1.807) is 6.07 Å². The fourth-order valence-electron chi connectivity index (χ4n) is 4.46. The number of hydrogen-bond donors (Lipinski definition) is 1. The zero-order valence-corrected chi connectivity index (χ0v) is 21.3. The maximum Gasteiger partial charge on any atom is 0.229 e. The van der Waals surface area contributed by atoms with Gasteiger partial charge in [0.1, 0.15) is 17.4 Å². The van der Waals surface area contributed by atoms with Crippen molar-refractivity contribution >= 4 is 34.0 Å². The number of rotatable bonds is 9. The minimum Gasteiger partial charge on any atom is -0.494 e. The summed E-state index contributed by atoms with van der Waals surface area (Å²) in [4.78, 5) is 14.1. The third-order valence-corrected chi connectivity index (χ3v) is 6.53. The molecule has 1 N–H and O–H groups in total. The number of para-hydroxylation sites is 1. The molecule has 0 spiro atoms. The molecule has 1 aromatic heterocycles. The van der Waals surface area contributed by atoms with E-state index in [0.717, 1.165) is 78.7 Å². The van der Waals surface area contributed by atoms with Gasteiger partial charge >= 0.3 is 0 Å². The van der Waals surface area contributed by atoms with Crippen LogP contribution in [0.25, 0.3) is 10.9 Å². The van der Waals surface area contributed by atoms with E-state index in [1.807, 2.05) is 67.4 Å². The molecule has 1 aliphatic rings. The molecule has 0 aliphatic carbocycles. The first kappa shape index (κ1) is 24.9. The molecular weight excluding hydrogens is 469 g/mol. The quantitative estimate of drug-likeness (QED) is 0.296. The summed E-state index contributed by atoms with van der Waals surface area (Å²) < 4.78 is 25.1. The van der Waals surface area contributed by atoms with Crippen LogP contribution in [-0.2, 0) is 4.74 Å². The zero-order chi connectivity index (χ0) is 25.6. The van der Waals surface area contributed by atoms with E-state index in [-0.39, 0.29) is 5.82 Å². The summed E-state index contributed by atoms with van der Waals surface area (Å²) in [5.74, 6) is 1.71. The summed E-state index contributed by atoms with van der Waals surface area (Å²) in [6.07, 6.45) is 0.950. The van der Waals surface area contributed by atoms with E-state index in [0.29, 0.717) is 12.6 Å². The van der Waals surface area contributed by atoms with Crippen molar-refractivity contribution in [3.05, 3.63) is 78.1 Å². The number of morpholine rings is 1. The summed E-state index contributed by atoms with van der Waals surface area (Å²) in [7, 11) is 1.99. The normalized spacial score (nSPS) is 14.0. The Balaban J connectivity index is 1.41. The lowest BCUT2D eigenvalue weighted by Gasteiger charge is -2.26. The number of nitrogens with one attached hydrogen (secondary N) is 1. The van der Waals surface area contributed by atoms with Crippen LogP contribution in [0.4, 0.5) is 27.5 Å². The lowest BCUT2D eigenvalue weighted by atomic mass is 10.2. The van der Waals surface area contributed by atoms with Gasteiger partial charge in [-0.2, -0.15) is 4.98 Å². The largest absolute Gasteiger partial charge is 0.494 e. The zero-order valence-electron chi connectivity index (χ0n) is 21.3. The first-order valence-electron chi connectivity index (χ1n) is 12.6. The van der Waals surface area contributed by atoms with Gasteiger partial charge in [0.2, 0.25) is 5.95 Å². The van der Waals surface area contributed by atoms with Gasteiger partial charge in [-0.05, 0) is 67.4 Å². The summed E-state index contributed by atoms with van der Waals surface area (Å²) >= 11 is 0. The van der Waals surface area contributed by atoms with Crippen molar-refractivity contribution in [1.82, 2.24) is 14.9 Å². The first-order chi connectivity index (χ1) is 18.1. The molecule has 1 aliphatic heterocycles. The van der Waals surface area contributed by atoms with E-state index in [1.165, 1.54) is 12.1 Å². The number of aryl methyl sites for hydroxylation is 1. The number of nitrogens with zero attached hydrogens (tertiary/aromatic N) is 4. The highest BCUT2D eigenvalue weighted by atomic mass is 19.1. The van der Waals surface area contributed by atoms with Gasteiger partial charge in [0, 0.05) is 43.4 Å². The molecule has 0 saturated carbocycles. The van der Waals surface area contributed by atoms with E-state index in [9.17, 15) is 4.39 Å². The number of hydrogen-bond acceptors (Lipinski definition) is 7. The van der Waals surface area contributed by atoms with Crippen LogP contribution >= 0.6 is 0 Å². The van der Waals surface area contributed by atoms with Crippen LogP contribution in [-0.4, -0.2) is 61.4 Å². The monoisotopic (exact) mass is 501 g/mol. The predicted molar refractivity (Wildman–Crippen MR) is 146 cm³/mol. The Morgan fingerprint density at radius 3 is 2.62 bits per heavy atom. The second kappa shape index (κ2) is 11.5. The minimum absolute atomic E-state index is 0.274. The molecular formula is C29H32FN5O2. The maximum absolute atomic E-state index is 13.6. The molecule has 8 heteroatoms. The van der Waals surface area contributed by atoms with Crippen LogP contribution in [0.1, 0.15) is 12.0 Å². The average Bonchev–Trinajstić information content (AvgIpc) is 2.93. The molecule has 7 nitrogen and oxygen atoms in total. The van der Waals surface area contributed by atoms with Gasteiger partial charge < -0.3 is 19.7 Å². The van der Waals surface area contributed by atoms with Crippen molar-refractivity contribution in [2.45, 2.75) is 13.3 Å². The molecule has 4 aromatic rings. The number of aromatic nitrogens is 2. The van der Waals surface area contributed by atoms with Crippen molar-refractivity contribution in [1.29, 1.82) is 0 Å². The first-order valence-corrected chi connectivity index (χ1v) is 12.6. The molecule has 192 valence electrons. The molecule has 0 bridgehead atoms. The summed E-state index contributed by atoms with van der Waals surface area (Å²) in [5, 5.41) is 4.15. The Labute approximate surface area is 216 Å². The van der Waals surface area contributed by atoms with E-state index >= 15 is 0 Å². The maximum atomic E-state index is 13.6. The Kier molecular flexibility index (Phi) is 7.77. The molecule has 1 saturated heterocycles. The second-order valence-electron chi connectivity index (χ2n) is 9.18. The van der Waals surface area contributed by atoms with Gasteiger partial charge in [-0.1, -0.05) is 18.2 Å². The Hall–Kier alpha value is -3.75. The van der Waals surface area contributed by atoms with Crippen molar-refractivity contribution in [3.8, 4) is 5.75 Å². The van der Waals surface area contributed by atoms with Gasteiger partial charge in [0.05, 0.1) is 25.3 Å². The van der Waals surface area contributed by atoms with Gasteiger partial charge in [-0.15, -0.1) is 0 Å². The molecule has 37 heavy (non-hydrogen) atoms. The highest BCUT2D eigenvalue weighted by Gasteiger charge is 2.16. The molecule has 3 aromatic carbocycles. The molecule has 0 atom stereocenters. The molecule has 5 rings (SSSR count). The van der Waals surface area contributed by atoms with Crippen LogP contribution < -0.4 is 15.0 Å². The second-order valence-corrected chi connectivity index (χ2v) is 9.18. The molecule has 0 radical (unpaired) electrons. The van der Waals surface area contributed by atoms with Gasteiger partial charge in [-0.3, -0.25) is 4.90 Å². The number of anilines is 4. The molecule has 0 amide bonds. The number of benzene rings is 3. The highest BCUT2D eigenvalue weighted by Crippen LogP contribution is 2.33. The number of halogens is 1. The van der Waals surface area contributed by atoms with Gasteiger partial charge in [0.25, 0.3) is 0 Å². The van der Waals surface area contributed by atoms with Gasteiger partial charge in [-0.25, -0.2) is 9.37 Å². The SMILES string of the molecule is Cc1cc(F)ccc1Nc1nc(N(C)c2ccccc2)c2cc(OCCCN3CCOCC3)ccc2n1. The Bertz CT molecular complexity index is 1350. The van der Waals surface area contributed by atoms with Crippen molar-refractivity contribution in [2.75, 3.05) is 56.7 Å². The van der Waals surface area contributed by atoms with Crippen molar-refractivity contribution < 1.29 is 13.9 Å². The fourth-order valence-corrected chi connectivity index (χ4v) is 4.46. The Morgan fingerprint density at radius 2 is 1.84 bits per heavy atom. The molecule has 0 unspecified atom stereocenters. The topological polar surface area (TPSA) is 62.8 Å². The number of fused-ring (bicyclic) bond motifs is 1. The number of ether oxygens (including phenoxy) is 2. The van der Waals surface area contributed by atoms with Gasteiger partial charge in [0.15, 0.2) is 0 Å². The van der Waals surface area contributed by atoms with Crippen LogP contribution in [0.5, 0.6) is 5.75 Å². The summed E-state index contributed by atoms with van der Waals surface area (Å²) in [6.45, 7) is 7.07. The van der Waals surface area contributed by atoms with E-state index < -0.39 is 0 Å². The average molecular weight is 502 g/mol. The summed E-state index contributed by atoms with van der Waals surface area (Å²) in [5.41, 5.74) is 3.33. The predicted octanol–water partition coefficient (Wildman–Crippen LogP) is 5.69. The van der Waals surface area contributed by atoms with Crippen LogP contribution in [0.3, 0.4) is 0 Å². The summed E-state index contributed by atoms with van der Waals surface area (Å²) in [6, 6.07) is 20.6. The molecule has 2 heterocycles. The van der Waals surface area contributed by atoms with Crippen LogP contribution in [0.2, 0.25) is 0 Å². The Morgan fingerprint density at radius 1 is 1.03 bits per heavy atom. The van der Waals surface area contributed by atoms with E-state index in [4.69, 9.17) is 19.4 Å². The van der Waals surface area contributed by atoms with Crippen LogP contribution in [0, 0.1) is 12.7 Å². The third kappa shape index (κ3) is 6.15. The van der Waals surface area contributed by atoms with Crippen molar-refractivity contribution in [3.63, 3.8) is 0 Å². The smallest absolute Gasteiger partial charge is 0.229 e. The lowest BCUT2D eigenvalue weighted by Crippen LogP contribution is -2.37. The van der Waals surface area contributed by atoms with Crippen LogP contribution in [0.15, 0.2) is 66.7 Å². The third-order valence-electron chi connectivity index (χ3n) is 6.53. The van der Waals surface area contributed by atoms with Crippen molar-refractivity contribution in [2.24, 2.45) is 0 Å². The fraction of sp³-hybridized carbons (Fsp3) is 0.310. The highest BCUT2D eigenvalue weighted by molar-refractivity contribution is 5.93.